The lowest BCUT2D eigenvalue weighted by Gasteiger charge is -2.19. The van der Waals surface area contributed by atoms with E-state index in [4.69, 9.17) is 18.9 Å². The molecule has 8 nitrogen and oxygen atoms in total. The van der Waals surface area contributed by atoms with E-state index < -0.39 is 11.7 Å². The summed E-state index contributed by atoms with van der Waals surface area (Å²) < 4.78 is 21.8. The zero-order valence-corrected chi connectivity index (χ0v) is 19.1. The van der Waals surface area contributed by atoms with Crippen molar-refractivity contribution in [1.29, 1.82) is 0 Å². The lowest BCUT2D eigenvalue weighted by Crippen LogP contribution is -2.37. The summed E-state index contributed by atoms with van der Waals surface area (Å²) in [6.45, 7) is 6.65. The Kier molecular flexibility index (Phi) is 9.81. The van der Waals surface area contributed by atoms with Crippen LogP contribution in [0.15, 0.2) is 48.5 Å². The van der Waals surface area contributed by atoms with Crippen molar-refractivity contribution in [2.45, 2.75) is 39.4 Å². The minimum Gasteiger partial charge on any atom is -0.496 e. The third kappa shape index (κ3) is 9.70. The molecule has 0 unspecified atom stereocenters. The molecule has 174 valence electrons. The van der Waals surface area contributed by atoms with Crippen LogP contribution in [0.5, 0.6) is 11.5 Å². The van der Waals surface area contributed by atoms with Gasteiger partial charge in [0.05, 0.1) is 26.9 Å². The molecule has 0 aromatic heterocycles. The number of benzene rings is 2. The van der Waals surface area contributed by atoms with Crippen molar-refractivity contribution in [2.24, 2.45) is 0 Å². The molecule has 2 aromatic carbocycles. The maximum absolute atomic E-state index is 11.9. The van der Waals surface area contributed by atoms with Gasteiger partial charge in [0.1, 0.15) is 23.6 Å². The third-order valence-corrected chi connectivity index (χ3v) is 4.08. The van der Waals surface area contributed by atoms with Crippen LogP contribution >= 0.6 is 0 Å². The number of hydrogen-bond acceptors (Lipinski definition) is 6. The summed E-state index contributed by atoms with van der Waals surface area (Å²) >= 11 is 0. The van der Waals surface area contributed by atoms with Crippen LogP contribution in [0.25, 0.3) is 0 Å². The monoisotopic (exact) mass is 444 g/mol. The molecule has 2 rings (SSSR count). The number of carbonyl (C=O) groups excluding carboxylic acids is 2. The summed E-state index contributed by atoms with van der Waals surface area (Å²) in [7, 11) is 1.64. The number of hydrogen-bond donors (Lipinski definition) is 2. The Hall–Kier alpha value is -3.26. The summed E-state index contributed by atoms with van der Waals surface area (Å²) in [6.07, 6.45) is 0.104. The van der Waals surface area contributed by atoms with Crippen LogP contribution < -0.4 is 20.1 Å². The molecular formula is C24H32N2O6. The number of alkyl carbamates (subject to hydrolysis) is 1. The fraction of sp³-hybridized carbons (Fsp3) is 0.417. The quantitative estimate of drug-likeness (QED) is 0.506. The van der Waals surface area contributed by atoms with Gasteiger partial charge in [-0.1, -0.05) is 18.2 Å². The van der Waals surface area contributed by atoms with Crippen molar-refractivity contribution in [1.82, 2.24) is 5.32 Å². The molecule has 2 amide bonds. The Morgan fingerprint density at radius 1 is 0.969 bits per heavy atom. The molecule has 8 heteroatoms. The molecule has 0 atom stereocenters. The Bertz CT molecular complexity index is 862. The van der Waals surface area contributed by atoms with Gasteiger partial charge in [0.15, 0.2) is 0 Å². The van der Waals surface area contributed by atoms with Crippen LogP contribution in [0.1, 0.15) is 32.8 Å². The van der Waals surface area contributed by atoms with Gasteiger partial charge < -0.3 is 29.6 Å². The number of methoxy groups -OCH3 is 1. The minimum absolute atomic E-state index is 0.179. The van der Waals surface area contributed by atoms with Crippen molar-refractivity contribution in [3.63, 3.8) is 0 Å². The van der Waals surface area contributed by atoms with E-state index in [1.165, 1.54) is 0 Å². The first-order valence-corrected chi connectivity index (χ1v) is 10.5. The second kappa shape index (κ2) is 12.6. The number of ether oxygens (including phenoxy) is 4. The zero-order valence-electron chi connectivity index (χ0n) is 19.1. The predicted molar refractivity (Wildman–Crippen MR) is 122 cm³/mol. The maximum Gasteiger partial charge on any atom is 0.408 e. The Balaban J connectivity index is 1.62. The van der Waals surface area contributed by atoms with Crippen LogP contribution in [0.2, 0.25) is 0 Å². The van der Waals surface area contributed by atoms with E-state index >= 15 is 0 Å². The Morgan fingerprint density at radius 3 is 2.38 bits per heavy atom. The summed E-state index contributed by atoms with van der Waals surface area (Å²) in [5.41, 5.74) is 1.00. The molecule has 0 heterocycles. The van der Waals surface area contributed by atoms with E-state index in [-0.39, 0.29) is 12.5 Å². The second-order valence-electron chi connectivity index (χ2n) is 7.99. The normalized spacial score (nSPS) is 10.9. The summed E-state index contributed by atoms with van der Waals surface area (Å²) in [5, 5.41) is 5.12. The van der Waals surface area contributed by atoms with Gasteiger partial charge in [-0.2, -0.15) is 0 Å². The second-order valence-corrected chi connectivity index (χ2v) is 7.99. The largest absolute Gasteiger partial charge is 0.496 e. The maximum atomic E-state index is 11.9. The number of para-hydroxylation sites is 1. The first-order valence-electron chi connectivity index (χ1n) is 10.5. The van der Waals surface area contributed by atoms with Gasteiger partial charge in [-0.15, -0.1) is 0 Å². The molecule has 0 aliphatic heterocycles. The van der Waals surface area contributed by atoms with E-state index in [0.717, 1.165) is 17.7 Å². The molecule has 2 N–H and O–H groups in total. The van der Waals surface area contributed by atoms with Gasteiger partial charge >= 0.3 is 6.09 Å². The van der Waals surface area contributed by atoms with Crippen molar-refractivity contribution in [3.05, 3.63) is 54.1 Å². The molecule has 0 aliphatic carbocycles. The standard InChI is InChI=1S/C24H32N2O6/c1-24(2,3)32-23(28)25-16-22(27)26-19-10-12-20(13-11-19)31-15-7-14-30-17-18-8-5-6-9-21(18)29-4/h5-6,8-13H,7,14-17H2,1-4H3,(H,25,28)(H,26,27). The molecule has 0 radical (unpaired) electrons. The van der Waals surface area contributed by atoms with Crippen LogP contribution in [0, 0.1) is 0 Å². The van der Waals surface area contributed by atoms with Crippen molar-refractivity contribution in [2.75, 3.05) is 32.2 Å². The number of anilines is 1. The van der Waals surface area contributed by atoms with Gasteiger partial charge in [-0.25, -0.2) is 4.79 Å². The van der Waals surface area contributed by atoms with E-state index in [0.29, 0.717) is 31.3 Å². The van der Waals surface area contributed by atoms with E-state index in [1.807, 2.05) is 24.3 Å². The first kappa shape index (κ1) is 25.0. The number of carbonyl (C=O) groups is 2. The van der Waals surface area contributed by atoms with Crippen LogP contribution in [0.4, 0.5) is 10.5 Å². The molecule has 0 fully saturated rings. The Morgan fingerprint density at radius 2 is 1.69 bits per heavy atom. The first-order chi connectivity index (χ1) is 15.3. The highest BCUT2D eigenvalue weighted by atomic mass is 16.6. The minimum atomic E-state index is -0.636. The topological polar surface area (TPSA) is 95.1 Å². The van der Waals surface area contributed by atoms with Crippen LogP contribution in [-0.4, -0.2) is 44.5 Å². The summed E-state index contributed by atoms with van der Waals surface area (Å²) in [6, 6.07) is 14.8. The fourth-order valence-corrected chi connectivity index (χ4v) is 2.66. The predicted octanol–water partition coefficient (Wildman–Crippen LogP) is 4.14. The van der Waals surface area contributed by atoms with Gasteiger partial charge in [-0.05, 0) is 51.1 Å². The highest BCUT2D eigenvalue weighted by Gasteiger charge is 2.16. The number of rotatable bonds is 11. The number of nitrogens with one attached hydrogen (secondary N) is 2. The molecule has 0 bridgehead atoms. The highest BCUT2D eigenvalue weighted by Crippen LogP contribution is 2.18. The molecule has 0 aliphatic rings. The third-order valence-electron chi connectivity index (χ3n) is 4.08. The molecular weight excluding hydrogens is 412 g/mol. The molecule has 0 saturated heterocycles. The van der Waals surface area contributed by atoms with E-state index in [2.05, 4.69) is 10.6 Å². The SMILES string of the molecule is COc1ccccc1COCCCOc1ccc(NC(=O)CNC(=O)OC(C)(C)C)cc1. The average molecular weight is 445 g/mol. The fourth-order valence-electron chi connectivity index (χ4n) is 2.66. The van der Waals surface area contributed by atoms with Gasteiger partial charge in [0, 0.05) is 17.7 Å². The van der Waals surface area contributed by atoms with E-state index in [1.54, 1.807) is 52.1 Å². The van der Waals surface area contributed by atoms with Gasteiger partial charge in [-0.3, -0.25) is 4.79 Å². The van der Waals surface area contributed by atoms with Crippen molar-refractivity contribution < 1.29 is 28.5 Å². The lowest BCUT2D eigenvalue weighted by atomic mass is 10.2. The Labute approximate surface area is 189 Å². The molecule has 32 heavy (non-hydrogen) atoms. The molecule has 0 saturated carbocycles. The summed E-state index contributed by atoms with van der Waals surface area (Å²) in [4.78, 5) is 23.5. The van der Waals surface area contributed by atoms with Crippen LogP contribution in [-0.2, 0) is 20.9 Å². The molecule has 2 aromatic rings. The van der Waals surface area contributed by atoms with Gasteiger partial charge in [0.25, 0.3) is 0 Å². The number of amides is 2. The van der Waals surface area contributed by atoms with Crippen LogP contribution in [0.3, 0.4) is 0 Å². The van der Waals surface area contributed by atoms with Crippen molar-refractivity contribution in [3.8, 4) is 11.5 Å². The van der Waals surface area contributed by atoms with E-state index in [9.17, 15) is 9.59 Å². The highest BCUT2D eigenvalue weighted by molar-refractivity contribution is 5.93. The molecule has 0 spiro atoms. The van der Waals surface area contributed by atoms with Crippen molar-refractivity contribution >= 4 is 17.7 Å². The lowest BCUT2D eigenvalue weighted by molar-refractivity contribution is -0.115. The van der Waals surface area contributed by atoms with Gasteiger partial charge in [0.2, 0.25) is 5.91 Å². The smallest absolute Gasteiger partial charge is 0.408 e. The average Bonchev–Trinajstić information content (AvgIpc) is 2.75. The summed E-state index contributed by atoms with van der Waals surface area (Å²) in [5.74, 6) is 1.16. The zero-order chi connectivity index (χ0) is 23.4.